The Morgan fingerprint density at radius 1 is 1.47 bits per heavy atom. The van der Waals surface area contributed by atoms with Gasteiger partial charge in [-0.15, -0.1) is 0 Å². The molecule has 1 aliphatic rings. The second kappa shape index (κ2) is 7.23. The maximum atomic E-state index is 12.1. The van der Waals surface area contributed by atoms with Crippen molar-refractivity contribution in [2.24, 2.45) is 11.7 Å². The topological polar surface area (TPSA) is 92.5 Å². The van der Waals surface area contributed by atoms with Gasteiger partial charge in [-0.25, -0.2) is 0 Å². The maximum Gasteiger partial charge on any atom is 0.243 e. The summed E-state index contributed by atoms with van der Waals surface area (Å²) in [7, 11) is 0. The van der Waals surface area contributed by atoms with Crippen molar-refractivity contribution >= 4 is 18.1 Å². The van der Waals surface area contributed by atoms with Crippen LogP contribution < -0.4 is 11.1 Å². The van der Waals surface area contributed by atoms with E-state index in [1.54, 1.807) is 0 Å². The van der Waals surface area contributed by atoms with Crippen LogP contribution in [-0.4, -0.2) is 48.2 Å². The van der Waals surface area contributed by atoms with Gasteiger partial charge in [0.1, 0.15) is 12.3 Å². The lowest BCUT2D eigenvalue weighted by molar-refractivity contribution is -0.138. The molecule has 0 aromatic rings. The van der Waals surface area contributed by atoms with E-state index >= 15 is 0 Å². The van der Waals surface area contributed by atoms with Crippen molar-refractivity contribution in [2.75, 3.05) is 13.1 Å². The van der Waals surface area contributed by atoms with Gasteiger partial charge in [-0.3, -0.25) is 9.59 Å². The smallest absolute Gasteiger partial charge is 0.243 e. The first-order chi connectivity index (χ1) is 8.99. The van der Waals surface area contributed by atoms with E-state index in [9.17, 15) is 14.4 Å². The second-order valence-electron chi connectivity index (χ2n) is 5.33. The van der Waals surface area contributed by atoms with E-state index in [2.05, 4.69) is 5.32 Å². The zero-order chi connectivity index (χ0) is 14.4. The minimum atomic E-state index is -0.483. The van der Waals surface area contributed by atoms with Gasteiger partial charge in [-0.1, -0.05) is 13.8 Å². The summed E-state index contributed by atoms with van der Waals surface area (Å²) in [6.45, 7) is 4.45. The molecule has 1 heterocycles. The normalized spacial score (nSPS) is 20.4. The molecular formula is C13H23N3O3. The molecule has 1 aliphatic heterocycles. The van der Waals surface area contributed by atoms with Crippen molar-refractivity contribution in [1.29, 1.82) is 0 Å². The quantitative estimate of drug-likeness (QED) is 0.646. The molecule has 2 unspecified atom stereocenters. The first-order valence-corrected chi connectivity index (χ1v) is 6.74. The van der Waals surface area contributed by atoms with Crippen LogP contribution in [0.4, 0.5) is 0 Å². The highest BCUT2D eigenvalue weighted by molar-refractivity contribution is 5.90. The highest BCUT2D eigenvalue weighted by atomic mass is 16.2. The third-order valence-corrected chi connectivity index (χ3v) is 3.27. The SMILES string of the molecule is CC(C)CC(C=O)NC(=O)C1CCCN1C(=O)CN. The number of carbonyl (C=O) groups is 3. The summed E-state index contributed by atoms with van der Waals surface area (Å²) in [4.78, 5) is 36.2. The largest absolute Gasteiger partial charge is 0.345 e. The molecule has 1 saturated heterocycles. The molecule has 0 radical (unpaired) electrons. The second-order valence-corrected chi connectivity index (χ2v) is 5.33. The zero-order valence-electron chi connectivity index (χ0n) is 11.6. The number of hydrogen-bond acceptors (Lipinski definition) is 4. The van der Waals surface area contributed by atoms with Crippen molar-refractivity contribution in [3.63, 3.8) is 0 Å². The molecule has 6 nitrogen and oxygen atoms in total. The zero-order valence-corrected chi connectivity index (χ0v) is 11.6. The third-order valence-electron chi connectivity index (χ3n) is 3.27. The van der Waals surface area contributed by atoms with Crippen LogP contribution in [-0.2, 0) is 14.4 Å². The van der Waals surface area contributed by atoms with E-state index in [0.29, 0.717) is 25.3 Å². The number of nitrogens with one attached hydrogen (secondary N) is 1. The van der Waals surface area contributed by atoms with Crippen LogP contribution in [0.15, 0.2) is 0 Å². The molecule has 0 spiro atoms. The maximum absolute atomic E-state index is 12.1. The van der Waals surface area contributed by atoms with Gasteiger partial charge in [0.25, 0.3) is 0 Å². The average molecular weight is 269 g/mol. The first-order valence-electron chi connectivity index (χ1n) is 6.74. The molecule has 1 fully saturated rings. The van der Waals surface area contributed by atoms with Gasteiger partial charge in [0.15, 0.2) is 0 Å². The number of likely N-dealkylation sites (tertiary alicyclic amines) is 1. The number of nitrogens with two attached hydrogens (primary N) is 1. The Hall–Kier alpha value is -1.43. The lowest BCUT2D eigenvalue weighted by Crippen LogP contribution is -2.50. The standard InChI is InChI=1S/C13H23N3O3/c1-9(2)6-10(8-17)15-13(19)11-4-3-5-16(11)12(18)7-14/h8-11H,3-7,14H2,1-2H3,(H,15,19). The Kier molecular flexibility index (Phi) is 5.95. The fraction of sp³-hybridized carbons (Fsp3) is 0.769. The van der Waals surface area contributed by atoms with Crippen LogP contribution in [0.5, 0.6) is 0 Å². The van der Waals surface area contributed by atoms with Crippen LogP contribution in [0.2, 0.25) is 0 Å². The summed E-state index contributed by atoms with van der Waals surface area (Å²) < 4.78 is 0. The minimum absolute atomic E-state index is 0.0904. The molecule has 0 aliphatic carbocycles. The fourth-order valence-electron chi connectivity index (χ4n) is 2.39. The highest BCUT2D eigenvalue weighted by Crippen LogP contribution is 2.17. The van der Waals surface area contributed by atoms with Gasteiger partial charge in [0.05, 0.1) is 12.6 Å². The number of amides is 2. The van der Waals surface area contributed by atoms with Gasteiger partial charge < -0.3 is 20.7 Å². The molecule has 19 heavy (non-hydrogen) atoms. The number of nitrogens with zero attached hydrogens (tertiary/aromatic N) is 1. The highest BCUT2D eigenvalue weighted by Gasteiger charge is 2.34. The molecule has 2 atom stereocenters. The van der Waals surface area contributed by atoms with Crippen molar-refractivity contribution in [3.05, 3.63) is 0 Å². The molecule has 3 N–H and O–H groups in total. The number of aldehydes is 1. The van der Waals surface area contributed by atoms with Crippen LogP contribution >= 0.6 is 0 Å². The molecule has 0 aromatic carbocycles. The van der Waals surface area contributed by atoms with Crippen LogP contribution in [0.1, 0.15) is 33.1 Å². The van der Waals surface area contributed by atoms with Crippen molar-refractivity contribution in [3.8, 4) is 0 Å². The van der Waals surface area contributed by atoms with Gasteiger partial charge in [-0.2, -0.15) is 0 Å². The Morgan fingerprint density at radius 2 is 2.16 bits per heavy atom. The molecular weight excluding hydrogens is 246 g/mol. The molecule has 0 saturated carbocycles. The number of carbonyl (C=O) groups excluding carboxylic acids is 3. The Bertz CT molecular complexity index is 344. The van der Waals surface area contributed by atoms with E-state index < -0.39 is 12.1 Å². The lowest BCUT2D eigenvalue weighted by atomic mass is 10.0. The van der Waals surface area contributed by atoms with E-state index in [4.69, 9.17) is 5.73 Å². The summed E-state index contributed by atoms with van der Waals surface area (Å²) in [5.41, 5.74) is 5.33. The van der Waals surface area contributed by atoms with Gasteiger partial charge in [0.2, 0.25) is 11.8 Å². The van der Waals surface area contributed by atoms with E-state index in [1.807, 2.05) is 13.8 Å². The average Bonchev–Trinajstić information content (AvgIpc) is 2.85. The summed E-state index contributed by atoms with van der Waals surface area (Å²) in [6, 6.07) is -0.964. The molecule has 6 heteroatoms. The Labute approximate surface area is 113 Å². The van der Waals surface area contributed by atoms with Gasteiger partial charge >= 0.3 is 0 Å². The summed E-state index contributed by atoms with van der Waals surface area (Å²) in [5, 5.41) is 2.71. The lowest BCUT2D eigenvalue weighted by Gasteiger charge is -2.25. The summed E-state index contributed by atoms with van der Waals surface area (Å²) in [6.07, 6.45) is 2.78. The minimum Gasteiger partial charge on any atom is -0.345 e. The summed E-state index contributed by atoms with van der Waals surface area (Å²) >= 11 is 0. The first kappa shape index (κ1) is 15.6. The van der Waals surface area contributed by atoms with Gasteiger partial charge in [0, 0.05) is 6.54 Å². The molecule has 2 amide bonds. The van der Waals surface area contributed by atoms with Crippen molar-refractivity contribution in [1.82, 2.24) is 10.2 Å². The van der Waals surface area contributed by atoms with Crippen LogP contribution in [0, 0.1) is 5.92 Å². The Balaban J connectivity index is 2.60. The van der Waals surface area contributed by atoms with Crippen LogP contribution in [0.3, 0.4) is 0 Å². The van der Waals surface area contributed by atoms with Crippen LogP contribution in [0.25, 0.3) is 0 Å². The van der Waals surface area contributed by atoms with E-state index in [-0.39, 0.29) is 18.4 Å². The predicted molar refractivity (Wildman–Crippen MR) is 71.2 cm³/mol. The van der Waals surface area contributed by atoms with E-state index in [1.165, 1.54) is 4.90 Å². The predicted octanol–water partition coefficient (Wildman–Crippen LogP) is -0.334. The molecule has 1 rings (SSSR count). The molecule has 108 valence electrons. The van der Waals surface area contributed by atoms with Gasteiger partial charge in [-0.05, 0) is 25.2 Å². The fourth-order valence-corrected chi connectivity index (χ4v) is 2.39. The summed E-state index contributed by atoms with van der Waals surface area (Å²) in [5.74, 6) is -0.151. The van der Waals surface area contributed by atoms with Crippen molar-refractivity contribution in [2.45, 2.75) is 45.2 Å². The number of rotatable bonds is 6. The van der Waals surface area contributed by atoms with E-state index in [0.717, 1.165) is 12.7 Å². The third kappa shape index (κ3) is 4.31. The molecule has 0 aromatic heterocycles. The monoisotopic (exact) mass is 269 g/mol. The Morgan fingerprint density at radius 3 is 2.68 bits per heavy atom. The number of hydrogen-bond donors (Lipinski definition) is 2. The molecule has 0 bridgehead atoms. The van der Waals surface area contributed by atoms with Crippen molar-refractivity contribution < 1.29 is 14.4 Å².